The first-order chi connectivity index (χ1) is 15.2. The fraction of sp³-hybridized carbons (Fsp3) is 0.409. The molecule has 9 nitrogen and oxygen atoms in total. The topological polar surface area (TPSA) is 104 Å². The number of guanidine groups is 1. The fourth-order valence-electron chi connectivity index (χ4n) is 3.59. The van der Waals surface area contributed by atoms with E-state index in [1.54, 1.807) is 13.2 Å². The van der Waals surface area contributed by atoms with Crippen molar-refractivity contribution in [1.82, 2.24) is 30.7 Å². The van der Waals surface area contributed by atoms with E-state index in [2.05, 4.69) is 52.8 Å². The van der Waals surface area contributed by atoms with Gasteiger partial charge in [0.1, 0.15) is 11.5 Å². The van der Waals surface area contributed by atoms with Crippen molar-refractivity contribution in [3.05, 3.63) is 54.1 Å². The number of aromatic nitrogens is 4. The van der Waals surface area contributed by atoms with Gasteiger partial charge in [0.2, 0.25) is 0 Å². The molecule has 0 bridgehead atoms. The second-order valence-corrected chi connectivity index (χ2v) is 7.52. The average Bonchev–Trinajstić information content (AvgIpc) is 3.28. The third-order valence-corrected chi connectivity index (χ3v) is 5.25. The van der Waals surface area contributed by atoms with Crippen molar-refractivity contribution in [3.8, 4) is 11.6 Å². The monoisotopic (exact) mass is 420 g/mol. The molecule has 0 aliphatic carbocycles. The Morgan fingerprint density at radius 1 is 1.16 bits per heavy atom. The molecule has 9 heteroatoms. The number of aryl methyl sites for hydroxylation is 1. The number of rotatable bonds is 6. The molecule has 2 N–H and O–H groups in total. The van der Waals surface area contributed by atoms with E-state index in [0.29, 0.717) is 36.4 Å². The van der Waals surface area contributed by atoms with Crippen molar-refractivity contribution in [2.24, 2.45) is 4.99 Å². The molecule has 0 spiro atoms. The molecule has 1 aliphatic rings. The molecule has 3 aromatic rings. The third-order valence-electron chi connectivity index (χ3n) is 5.25. The minimum absolute atomic E-state index is 0.383. The number of hydrogen-bond acceptors (Lipinski definition) is 7. The highest BCUT2D eigenvalue weighted by Crippen LogP contribution is 2.18. The Morgan fingerprint density at radius 2 is 2.03 bits per heavy atom. The van der Waals surface area contributed by atoms with E-state index in [4.69, 9.17) is 4.52 Å². The summed E-state index contributed by atoms with van der Waals surface area (Å²) in [7, 11) is 1.79. The molecule has 0 amide bonds. The van der Waals surface area contributed by atoms with Gasteiger partial charge in [0.05, 0.1) is 0 Å². The van der Waals surface area contributed by atoms with Gasteiger partial charge < -0.3 is 20.1 Å². The van der Waals surface area contributed by atoms with Crippen LogP contribution in [0.25, 0.3) is 11.6 Å². The van der Waals surface area contributed by atoms with Crippen LogP contribution >= 0.6 is 0 Å². The van der Waals surface area contributed by atoms with Gasteiger partial charge in [-0.15, -0.1) is 0 Å². The van der Waals surface area contributed by atoms with Crippen LogP contribution in [0.3, 0.4) is 0 Å². The molecule has 4 rings (SSSR count). The highest BCUT2D eigenvalue weighted by Gasteiger charge is 2.21. The Labute approximate surface area is 182 Å². The van der Waals surface area contributed by atoms with Crippen LogP contribution in [-0.2, 0) is 6.42 Å². The molecule has 0 unspecified atom stereocenters. The third kappa shape index (κ3) is 5.56. The summed E-state index contributed by atoms with van der Waals surface area (Å²) >= 11 is 0. The molecule has 1 aliphatic heterocycles. The van der Waals surface area contributed by atoms with Crippen LogP contribution in [0.1, 0.15) is 24.4 Å². The molecule has 0 radical (unpaired) electrons. The summed E-state index contributed by atoms with van der Waals surface area (Å²) in [6.45, 7) is 4.64. The van der Waals surface area contributed by atoms with Crippen molar-refractivity contribution in [1.29, 1.82) is 0 Å². The van der Waals surface area contributed by atoms with E-state index < -0.39 is 0 Å². The molecule has 1 fully saturated rings. The van der Waals surface area contributed by atoms with E-state index in [1.807, 2.05) is 31.2 Å². The molecule has 0 aromatic carbocycles. The average molecular weight is 421 g/mol. The van der Waals surface area contributed by atoms with Crippen LogP contribution in [0.15, 0.2) is 52.1 Å². The zero-order valence-electron chi connectivity index (χ0n) is 18.0. The van der Waals surface area contributed by atoms with Gasteiger partial charge in [-0.05, 0) is 44.0 Å². The summed E-state index contributed by atoms with van der Waals surface area (Å²) in [5.41, 5.74) is 1.73. The Morgan fingerprint density at radius 3 is 2.77 bits per heavy atom. The van der Waals surface area contributed by atoms with Gasteiger partial charge in [-0.1, -0.05) is 17.3 Å². The van der Waals surface area contributed by atoms with E-state index >= 15 is 0 Å². The predicted octanol–water partition coefficient (Wildman–Crippen LogP) is 2.21. The molecule has 0 saturated carbocycles. The van der Waals surface area contributed by atoms with Crippen LogP contribution in [0.5, 0.6) is 0 Å². The minimum atomic E-state index is 0.383. The highest BCUT2D eigenvalue weighted by atomic mass is 16.5. The molecule has 3 aromatic heterocycles. The van der Waals surface area contributed by atoms with E-state index in [9.17, 15) is 0 Å². The maximum absolute atomic E-state index is 5.30. The van der Waals surface area contributed by atoms with Crippen LogP contribution in [0.4, 0.5) is 5.82 Å². The van der Waals surface area contributed by atoms with Gasteiger partial charge in [-0.25, -0.2) is 4.98 Å². The lowest BCUT2D eigenvalue weighted by atomic mass is 10.1. The molecule has 1 saturated heterocycles. The van der Waals surface area contributed by atoms with Gasteiger partial charge in [-0.3, -0.25) is 9.98 Å². The molecular weight excluding hydrogens is 392 g/mol. The van der Waals surface area contributed by atoms with Crippen molar-refractivity contribution < 1.29 is 4.52 Å². The van der Waals surface area contributed by atoms with Crippen LogP contribution in [0, 0.1) is 6.92 Å². The molecular formula is C22H28N8O. The quantitative estimate of drug-likeness (QED) is 0.462. The van der Waals surface area contributed by atoms with Gasteiger partial charge in [-0.2, -0.15) is 4.98 Å². The number of pyridine rings is 2. The minimum Gasteiger partial charge on any atom is -0.356 e. The lowest BCUT2D eigenvalue weighted by molar-refractivity contribution is 0.421. The van der Waals surface area contributed by atoms with Gasteiger partial charge in [0.15, 0.2) is 11.8 Å². The van der Waals surface area contributed by atoms with Crippen molar-refractivity contribution in [2.75, 3.05) is 31.6 Å². The SMILES string of the molecule is CN=C(NCCc1noc(-c2ccccn2)n1)NC1CCN(c2cccc(C)n2)CC1. The Hall–Kier alpha value is -3.49. The van der Waals surface area contributed by atoms with Gasteiger partial charge in [0.25, 0.3) is 5.89 Å². The highest BCUT2D eigenvalue weighted by molar-refractivity contribution is 5.80. The second-order valence-electron chi connectivity index (χ2n) is 7.52. The molecule has 4 heterocycles. The normalized spacial score (nSPS) is 15.2. The summed E-state index contributed by atoms with van der Waals surface area (Å²) in [5, 5.41) is 10.9. The number of piperidine rings is 1. The molecule has 162 valence electrons. The number of aliphatic imine (C=N–C) groups is 1. The molecule has 0 atom stereocenters. The van der Waals surface area contributed by atoms with Crippen molar-refractivity contribution in [3.63, 3.8) is 0 Å². The first kappa shape index (κ1) is 20.8. The summed E-state index contributed by atoms with van der Waals surface area (Å²) in [5.74, 6) is 2.93. The Kier molecular flexibility index (Phi) is 6.71. The number of anilines is 1. The first-order valence-electron chi connectivity index (χ1n) is 10.6. The number of hydrogen-bond donors (Lipinski definition) is 2. The summed E-state index contributed by atoms with van der Waals surface area (Å²) in [6, 6.07) is 12.2. The van der Waals surface area contributed by atoms with Crippen LogP contribution in [-0.4, -0.2) is 58.8 Å². The predicted molar refractivity (Wildman–Crippen MR) is 120 cm³/mol. The van der Waals surface area contributed by atoms with Crippen LogP contribution < -0.4 is 15.5 Å². The zero-order chi connectivity index (χ0) is 21.5. The summed E-state index contributed by atoms with van der Waals surface area (Å²) in [6.07, 6.45) is 4.41. The summed E-state index contributed by atoms with van der Waals surface area (Å²) in [4.78, 5) is 20.0. The van der Waals surface area contributed by atoms with Gasteiger partial charge in [0, 0.05) is 51.0 Å². The zero-order valence-corrected chi connectivity index (χ0v) is 18.0. The van der Waals surface area contributed by atoms with E-state index in [1.165, 1.54) is 0 Å². The lowest BCUT2D eigenvalue weighted by Crippen LogP contribution is -2.49. The standard InChI is InChI=1S/C22H28N8O/c1-16-6-5-8-20(26-16)30-14-10-17(11-15-30)27-22(23-2)25-13-9-19-28-21(31-29-19)18-7-3-4-12-24-18/h3-8,12,17H,9-11,13-15H2,1-2H3,(H2,23,25,27). The first-order valence-corrected chi connectivity index (χ1v) is 10.6. The summed E-state index contributed by atoms with van der Waals surface area (Å²) < 4.78 is 5.30. The van der Waals surface area contributed by atoms with E-state index in [-0.39, 0.29) is 0 Å². The van der Waals surface area contributed by atoms with Crippen molar-refractivity contribution >= 4 is 11.8 Å². The van der Waals surface area contributed by atoms with Gasteiger partial charge >= 0.3 is 0 Å². The second kappa shape index (κ2) is 10.0. The Bertz CT molecular complexity index is 996. The largest absolute Gasteiger partial charge is 0.356 e. The van der Waals surface area contributed by atoms with E-state index in [0.717, 1.165) is 43.4 Å². The number of nitrogens with zero attached hydrogens (tertiary/aromatic N) is 6. The lowest BCUT2D eigenvalue weighted by Gasteiger charge is -2.34. The van der Waals surface area contributed by atoms with Crippen LogP contribution in [0.2, 0.25) is 0 Å². The molecule has 31 heavy (non-hydrogen) atoms. The maximum atomic E-state index is 5.30. The Balaban J connectivity index is 1.21. The number of nitrogens with one attached hydrogen (secondary N) is 2. The smallest absolute Gasteiger partial charge is 0.276 e. The van der Waals surface area contributed by atoms with Crippen molar-refractivity contribution in [2.45, 2.75) is 32.2 Å². The maximum Gasteiger partial charge on any atom is 0.276 e. The fourth-order valence-corrected chi connectivity index (χ4v) is 3.59.